The van der Waals surface area contributed by atoms with E-state index in [-0.39, 0.29) is 24.0 Å². The Morgan fingerprint density at radius 2 is 1.55 bits per heavy atom. The van der Waals surface area contributed by atoms with Crippen LogP contribution in [0.2, 0.25) is 0 Å². The number of hydrogen-bond acceptors (Lipinski definition) is 4. The van der Waals surface area contributed by atoms with E-state index in [2.05, 4.69) is 39.5 Å². The summed E-state index contributed by atoms with van der Waals surface area (Å²) in [5, 5.41) is 3.41. The molecular formula is C22H32IN3O3. The molecule has 0 bridgehead atoms. The molecule has 1 N–H and O–H groups in total. The van der Waals surface area contributed by atoms with Gasteiger partial charge in [-0.25, -0.2) is 0 Å². The third-order valence-corrected chi connectivity index (χ3v) is 4.68. The van der Waals surface area contributed by atoms with E-state index < -0.39 is 0 Å². The van der Waals surface area contributed by atoms with Crippen molar-refractivity contribution in [3.63, 3.8) is 0 Å². The number of guanidine groups is 1. The summed E-state index contributed by atoms with van der Waals surface area (Å²) in [5.74, 6) is 3.24. The fourth-order valence-corrected chi connectivity index (χ4v) is 2.98. The summed E-state index contributed by atoms with van der Waals surface area (Å²) < 4.78 is 16.1. The molecule has 2 aromatic rings. The zero-order valence-corrected chi connectivity index (χ0v) is 20.4. The summed E-state index contributed by atoms with van der Waals surface area (Å²) >= 11 is 0. The van der Waals surface area contributed by atoms with Crippen molar-refractivity contribution in [1.82, 2.24) is 10.2 Å². The van der Waals surface area contributed by atoms with Crippen LogP contribution in [-0.4, -0.2) is 52.8 Å². The summed E-state index contributed by atoms with van der Waals surface area (Å²) in [4.78, 5) is 6.51. The quantitative estimate of drug-likeness (QED) is 0.330. The Morgan fingerprint density at radius 1 is 0.931 bits per heavy atom. The van der Waals surface area contributed by atoms with E-state index in [0.29, 0.717) is 6.54 Å². The fourth-order valence-electron chi connectivity index (χ4n) is 2.98. The van der Waals surface area contributed by atoms with Gasteiger partial charge in [0.25, 0.3) is 0 Å². The van der Waals surface area contributed by atoms with Crippen LogP contribution in [0.3, 0.4) is 0 Å². The monoisotopic (exact) mass is 513 g/mol. The summed E-state index contributed by atoms with van der Waals surface area (Å²) in [6.45, 7) is 3.55. The SMILES string of the molecule is CN=C(NCc1ccc(C)c(OC)c1)N(C)CCc1ccc(OC)c(OC)c1.I. The maximum absolute atomic E-state index is 5.40. The van der Waals surface area contributed by atoms with Crippen LogP contribution in [0, 0.1) is 6.92 Å². The normalized spacial score (nSPS) is 10.8. The molecule has 0 aliphatic carbocycles. The molecule has 0 fully saturated rings. The number of hydrogen-bond donors (Lipinski definition) is 1. The van der Waals surface area contributed by atoms with Crippen LogP contribution >= 0.6 is 24.0 Å². The summed E-state index contributed by atoms with van der Waals surface area (Å²) in [7, 11) is 8.82. The second-order valence-corrected chi connectivity index (χ2v) is 6.57. The van der Waals surface area contributed by atoms with E-state index in [0.717, 1.165) is 47.3 Å². The van der Waals surface area contributed by atoms with E-state index >= 15 is 0 Å². The first-order valence-corrected chi connectivity index (χ1v) is 9.28. The zero-order chi connectivity index (χ0) is 20.5. The van der Waals surface area contributed by atoms with Gasteiger partial charge in [0.15, 0.2) is 17.5 Å². The number of nitrogens with zero attached hydrogens (tertiary/aromatic N) is 2. The zero-order valence-electron chi connectivity index (χ0n) is 18.1. The van der Waals surface area contributed by atoms with Crippen LogP contribution in [0.4, 0.5) is 0 Å². The Morgan fingerprint density at radius 3 is 2.17 bits per heavy atom. The number of rotatable bonds is 8. The second-order valence-electron chi connectivity index (χ2n) is 6.57. The molecule has 6 nitrogen and oxygen atoms in total. The first kappa shape index (κ1) is 24.9. The number of methoxy groups -OCH3 is 3. The predicted molar refractivity (Wildman–Crippen MR) is 129 cm³/mol. The van der Waals surface area contributed by atoms with Gasteiger partial charge >= 0.3 is 0 Å². The van der Waals surface area contributed by atoms with E-state index in [1.165, 1.54) is 5.56 Å². The molecule has 0 aliphatic rings. The van der Waals surface area contributed by atoms with Gasteiger partial charge in [0.1, 0.15) is 5.75 Å². The smallest absolute Gasteiger partial charge is 0.193 e. The topological polar surface area (TPSA) is 55.3 Å². The van der Waals surface area contributed by atoms with Crippen molar-refractivity contribution in [3.8, 4) is 17.2 Å². The third-order valence-electron chi connectivity index (χ3n) is 4.68. The van der Waals surface area contributed by atoms with Crippen molar-refractivity contribution >= 4 is 29.9 Å². The van der Waals surface area contributed by atoms with Gasteiger partial charge < -0.3 is 24.4 Å². The largest absolute Gasteiger partial charge is 0.496 e. The molecule has 0 atom stereocenters. The Labute approximate surface area is 191 Å². The molecule has 29 heavy (non-hydrogen) atoms. The van der Waals surface area contributed by atoms with Crippen molar-refractivity contribution in [3.05, 3.63) is 53.1 Å². The van der Waals surface area contributed by atoms with Crippen LogP contribution in [-0.2, 0) is 13.0 Å². The highest BCUT2D eigenvalue weighted by atomic mass is 127. The molecule has 7 heteroatoms. The summed E-state index contributed by atoms with van der Waals surface area (Å²) in [6.07, 6.45) is 0.871. The third kappa shape index (κ3) is 6.99. The molecule has 0 saturated carbocycles. The molecule has 0 unspecified atom stereocenters. The second kappa shape index (κ2) is 12.4. The summed E-state index contributed by atoms with van der Waals surface area (Å²) in [6, 6.07) is 12.2. The van der Waals surface area contributed by atoms with Crippen molar-refractivity contribution in [2.75, 3.05) is 42.0 Å². The Kier molecular flexibility index (Phi) is 10.6. The van der Waals surface area contributed by atoms with Crippen molar-refractivity contribution in [1.29, 1.82) is 0 Å². The molecule has 2 rings (SSSR count). The van der Waals surface area contributed by atoms with E-state index in [1.807, 2.05) is 26.1 Å². The highest BCUT2D eigenvalue weighted by Crippen LogP contribution is 2.27. The van der Waals surface area contributed by atoms with Gasteiger partial charge in [-0.05, 0) is 48.2 Å². The van der Waals surface area contributed by atoms with Crippen molar-refractivity contribution < 1.29 is 14.2 Å². The molecule has 0 amide bonds. The number of aliphatic imine (C=N–C) groups is 1. The lowest BCUT2D eigenvalue weighted by Gasteiger charge is -2.22. The molecule has 0 spiro atoms. The van der Waals surface area contributed by atoms with Gasteiger partial charge in [-0.1, -0.05) is 18.2 Å². The molecule has 160 valence electrons. The molecule has 0 aliphatic heterocycles. The molecule has 0 saturated heterocycles. The first-order valence-electron chi connectivity index (χ1n) is 9.28. The minimum Gasteiger partial charge on any atom is -0.496 e. The standard InChI is InChI=1S/C22H31N3O3.HI/c1-16-7-8-18(14-20(16)27-5)15-24-22(23-2)25(3)12-11-17-9-10-19(26-4)21(13-17)28-6;/h7-10,13-14H,11-12,15H2,1-6H3,(H,23,24);1H. The molecular weight excluding hydrogens is 481 g/mol. The van der Waals surface area contributed by atoms with Crippen LogP contribution in [0.25, 0.3) is 0 Å². The maximum Gasteiger partial charge on any atom is 0.193 e. The average molecular weight is 513 g/mol. The number of likely N-dealkylation sites (N-methyl/N-ethyl adjacent to an activating group) is 1. The van der Waals surface area contributed by atoms with Gasteiger partial charge in [-0.2, -0.15) is 0 Å². The van der Waals surface area contributed by atoms with Gasteiger partial charge in [0.05, 0.1) is 21.3 Å². The predicted octanol–water partition coefficient (Wildman–Crippen LogP) is 3.89. The Hall–Kier alpha value is -2.16. The van der Waals surface area contributed by atoms with Crippen molar-refractivity contribution in [2.24, 2.45) is 4.99 Å². The highest BCUT2D eigenvalue weighted by molar-refractivity contribution is 14.0. The summed E-state index contributed by atoms with van der Waals surface area (Å²) in [5.41, 5.74) is 3.46. The Balaban J connectivity index is 0.00000420. The number of aryl methyl sites for hydroxylation is 1. The van der Waals surface area contributed by atoms with E-state index in [9.17, 15) is 0 Å². The lowest BCUT2D eigenvalue weighted by atomic mass is 10.1. The maximum atomic E-state index is 5.40. The van der Waals surface area contributed by atoms with Gasteiger partial charge in [0, 0.05) is 27.2 Å². The van der Waals surface area contributed by atoms with E-state index in [4.69, 9.17) is 14.2 Å². The lowest BCUT2D eigenvalue weighted by Crippen LogP contribution is -2.39. The van der Waals surface area contributed by atoms with Crippen LogP contribution < -0.4 is 19.5 Å². The number of ether oxygens (including phenoxy) is 3. The number of halogens is 1. The van der Waals surface area contributed by atoms with Gasteiger partial charge in [0.2, 0.25) is 0 Å². The average Bonchev–Trinajstić information content (AvgIpc) is 2.73. The first-order chi connectivity index (χ1) is 13.5. The van der Waals surface area contributed by atoms with Gasteiger partial charge in [-0.3, -0.25) is 4.99 Å². The van der Waals surface area contributed by atoms with Crippen LogP contribution in [0.15, 0.2) is 41.4 Å². The molecule has 0 aromatic heterocycles. The minimum absolute atomic E-state index is 0. The lowest BCUT2D eigenvalue weighted by molar-refractivity contribution is 0.354. The van der Waals surface area contributed by atoms with Crippen LogP contribution in [0.1, 0.15) is 16.7 Å². The van der Waals surface area contributed by atoms with E-state index in [1.54, 1.807) is 28.4 Å². The minimum atomic E-state index is 0. The fraction of sp³-hybridized carbons (Fsp3) is 0.409. The number of benzene rings is 2. The highest BCUT2D eigenvalue weighted by Gasteiger charge is 2.09. The molecule has 2 aromatic carbocycles. The molecule has 0 radical (unpaired) electrons. The Bertz CT molecular complexity index is 812. The molecule has 0 heterocycles. The number of nitrogens with one attached hydrogen (secondary N) is 1. The van der Waals surface area contributed by atoms with Gasteiger partial charge in [-0.15, -0.1) is 24.0 Å². The van der Waals surface area contributed by atoms with Crippen LogP contribution in [0.5, 0.6) is 17.2 Å². The van der Waals surface area contributed by atoms with Crippen molar-refractivity contribution in [2.45, 2.75) is 19.9 Å².